The van der Waals surface area contributed by atoms with Crippen LogP contribution in [0.4, 0.5) is 0 Å². The Labute approximate surface area is 151 Å². The van der Waals surface area contributed by atoms with E-state index in [0.29, 0.717) is 19.4 Å². The van der Waals surface area contributed by atoms with Crippen molar-refractivity contribution in [2.75, 3.05) is 13.7 Å². The number of carbonyl (C=O) groups excluding carboxylic acids is 1. The van der Waals surface area contributed by atoms with Crippen molar-refractivity contribution in [1.82, 2.24) is 5.32 Å². The SMILES string of the molecule is COc1ccc(OCCCC(=O)N[C@@H](C)c2ccc(Br)cc2)cc1. The maximum atomic E-state index is 12.0. The van der Waals surface area contributed by atoms with Crippen LogP contribution in [0.5, 0.6) is 11.5 Å². The molecule has 0 saturated heterocycles. The molecular formula is C19H22BrNO3. The molecular weight excluding hydrogens is 370 g/mol. The summed E-state index contributed by atoms with van der Waals surface area (Å²) in [5.41, 5.74) is 1.08. The third kappa shape index (κ3) is 5.89. The van der Waals surface area contributed by atoms with E-state index in [0.717, 1.165) is 21.5 Å². The van der Waals surface area contributed by atoms with E-state index in [1.54, 1.807) is 7.11 Å². The quantitative estimate of drug-likeness (QED) is 0.674. The van der Waals surface area contributed by atoms with E-state index in [2.05, 4.69) is 21.2 Å². The van der Waals surface area contributed by atoms with Crippen LogP contribution in [0.15, 0.2) is 53.0 Å². The molecule has 2 aromatic rings. The number of carbonyl (C=O) groups is 1. The van der Waals surface area contributed by atoms with Gasteiger partial charge in [0.25, 0.3) is 0 Å². The molecule has 0 aliphatic carbocycles. The molecule has 5 heteroatoms. The average molecular weight is 392 g/mol. The van der Waals surface area contributed by atoms with Gasteiger partial charge >= 0.3 is 0 Å². The van der Waals surface area contributed by atoms with E-state index in [9.17, 15) is 4.79 Å². The van der Waals surface area contributed by atoms with Crippen LogP contribution in [0.2, 0.25) is 0 Å². The predicted octanol–water partition coefficient (Wildman–Crippen LogP) is 4.49. The average Bonchev–Trinajstić information content (AvgIpc) is 2.59. The van der Waals surface area contributed by atoms with Crippen molar-refractivity contribution in [3.05, 3.63) is 58.6 Å². The summed E-state index contributed by atoms with van der Waals surface area (Å²) < 4.78 is 11.7. The van der Waals surface area contributed by atoms with Gasteiger partial charge in [-0.2, -0.15) is 0 Å². The topological polar surface area (TPSA) is 47.6 Å². The maximum absolute atomic E-state index is 12.0. The Bertz CT molecular complexity index is 641. The Hall–Kier alpha value is -2.01. The first-order valence-electron chi connectivity index (χ1n) is 7.90. The van der Waals surface area contributed by atoms with Crippen molar-refractivity contribution < 1.29 is 14.3 Å². The lowest BCUT2D eigenvalue weighted by Gasteiger charge is -2.14. The van der Waals surface area contributed by atoms with Gasteiger partial charge in [0.05, 0.1) is 19.8 Å². The zero-order valence-electron chi connectivity index (χ0n) is 13.9. The zero-order valence-corrected chi connectivity index (χ0v) is 15.5. The third-order valence-corrected chi connectivity index (χ3v) is 4.15. The Kier molecular flexibility index (Phi) is 7.12. The second-order valence-corrected chi connectivity index (χ2v) is 6.38. The van der Waals surface area contributed by atoms with Crippen molar-refractivity contribution in [3.63, 3.8) is 0 Å². The van der Waals surface area contributed by atoms with Crippen LogP contribution in [-0.4, -0.2) is 19.6 Å². The van der Waals surface area contributed by atoms with Gasteiger partial charge in [-0.3, -0.25) is 4.79 Å². The molecule has 1 amide bonds. The van der Waals surface area contributed by atoms with Gasteiger partial charge in [-0.15, -0.1) is 0 Å². The molecule has 4 nitrogen and oxygen atoms in total. The Morgan fingerprint density at radius 1 is 1.08 bits per heavy atom. The molecule has 24 heavy (non-hydrogen) atoms. The standard InChI is InChI=1S/C19H22BrNO3/c1-14(15-5-7-16(20)8-6-15)21-19(22)4-3-13-24-18-11-9-17(23-2)10-12-18/h5-12,14H,3-4,13H2,1-2H3,(H,21,22)/t14-/m0/s1. The highest BCUT2D eigenvalue weighted by Gasteiger charge is 2.09. The van der Waals surface area contributed by atoms with Crippen molar-refractivity contribution >= 4 is 21.8 Å². The first-order valence-corrected chi connectivity index (χ1v) is 8.69. The molecule has 0 aromatic heterocycles. The van der Waals surface area contributed by atoms with Gasteiger partial charge < -0.3 is 14.8 Å². The minimum Gasteiger partial charge on any atom is -0.497 e. The smallest absolute Gasteiger partial charge is 0.220 e. The van der Waals surface area contributed by atoms with Gasteiger partial charge in [0, 0.05) is 10.9 Å². The van der Waals surface area contributed by atoms with E-state index in [-0.39, 0.29) is 11.9 Å². The molecule has 2 rings (SSSR count). The molecule has 0 unspecified atom stereocenters. The van der Waals surface area contributed by atoms with Crippen molar-refractivity contribution in [2.45, 2.75) is 25.8 Å². The van der Waals surface area contributed by atoms with E-state index < -0.39 is 0 Å². The minimum atomic E-state index is -0.00638. The Morgan fingerprint density at radius 2 is 1.71 bits per heavy atom. The maximum Gasteiger partial charge on any atom is 0.220 e. The molecule has 128 valence electrons. The number of hydrogen-bond donors (Lipinski definition) is 1. The number of halogens is 1. The van der Waals surface area contributed by atoms with Gasteiger partial charge in [-0.25, -0.2) is 0 Å². The summed E-state index contributed by atoms with van der Waals surface area (Å²) in [4.78, 5) is 12.0. The zero-order chi connectivity index (χ0) is 17.4. The Balaban J connectivity index is 1.68. The molecule has 0 saturated carbocycles. The van der Waals surface area contributed by atoms with Crippen LogP contribution in [-0.2, 0) is 4.79 Å². The molecule has 2 aromatic carbocycles. The number of rotatable bonds is 8. The van der Waals surface area contributed by atoms with Gasteiger partial charge in [0.15, 0.2) is 0 Å². The lowest BCUT2D eigenvalue weighted by Crippen LogP contribution is -2.26. The van der Waals surface area contributed by atoms with Gasteiger partial charge in [0.1, 0.15) is 11.5 Å². The van der Waals surface area contributed by atoms with Crippen LogP contribution in [0, 0.1) is 0 Å². The highest BCUT2D eigenvalue weighted by Crippen LogP contribution is 2.18. The van der Waals surface area contributed by atoms with Crippen LogP contribution in [0.3, 0.4) is 0 Å². The summed E-state index contributed by atoms with van der Waals surface area (Å²) in [5.74, 6) is 1.60. The third-order valence-electron chi connectivity index (χ3n) is 3.62. The fourth-order valence-electron chi connectivity index (χ4n) is 2.24. The van der Waals surface area contributed by atoms with Crippen LogP contribution in [0.25, 0.3) is 0 Å². The summed E-state index contributed by atoms with van der Waals surface area (Å²) in [7, 11) is 1.63. The molecule has 1 N–H and O–H groups in total. The monoisotopic (exact) mass is 391 g/mol. The van der Waals surface area contributed by atoms with Crippen molar-refractivity contribution in [2.24, 2.45) is 0 Å². The molecule has 0 fully saturated rings. The summed E-state index contributed by atoms with van der Waals surface area (Å²) >= 11 is 3.41. The number of benzene rings is 2. The number of hydrogen-bond acceptors (Lipinski definition) is 3. The normalized spacial score (nSPS) is 11.6. The summed E-state index contributed by atoms with van der Waals surface area (Å²) in [6, 6.07) is 15.4. The molecule has 0 spiro atoms. The lowest BCUT2D eigenvalue weighted by atomic mass is 10.1. The fourth-order valence-corrected chi connectivity index (χ4v) is 2.51. The summed E-state index contributed by atoms with van der Waals surface area (Å²) in [5, 5.41) is 3.00. The molecule has 0 aliphatic rings. The first-order chi connectivity index (χ1) is 11.6. The van der Waals surface area contributed by atoms with Gasteiger partial charge in [-0.1, -0.05) is 28.1 Å². The molecule has 0 aliphatic heterocycles. The molecule has 0 radical (unpaired) electrons. The predicted molar refractivity (Wildman–Crippen MR) is 98.4 cm³/mol. The highest BCUT2D eigenvalue weighted by molar-refractivity contribution is 9.10. The van der Waals surface area contributed by atoms with E-state index in [1.807, 2.05) is 55.5 Å². The summed E-state index contributed by atoms with van der Waals surface area (Å²) in [6.07, 6.45) is 1.11. The number of amides is 1. The number of nitrogens with one attached hydrogen (secondary N) is 1. The van der Waals surface area contributed by atoms with E-state index in [4.69, 9.17) is 9.47 Å². The molecule has 0 heterocycles. The second-order valence-electron chi connectivity index (χ2n) is 5.47. The lowest BCUT2D eigenvalue weighted by molar-refractivity contribution is -0.121. The van der Waals surface area contributed by atoms with Crippen LogP contribution < -0.4 is 14.8 Å². The number of ether oxygens (including phenoxy) is 2. The van der Waals surface area contributed by atoms with E-state index in [1.165, 1.54) is 0 Å². The van der Waals surface area contributed by atoms with E-state index >= 15 is 0 Å². The van der Waals surface area contributed by atoms with Crippen LogP contribution >= 0.6 is 15.9 Å². The molecule has 1 atom stereocenters. The highest BCUT2D eigenvalue weighted by atomic mass is 79.9. The minimum absolute atomic E-state index is 0.00638. The van der Waals surface area contributed by atoms with Crippen LogP contribution in [0.1, 0.15) is 31.4 Å². The largest absolute Gasteiger partial charge is 0.497 e. The van der Waals surface area contributed by atoms with Crippen molar-refractivity contribution in [3.8, 4) is 11.5 Å². The Morgan fingerprint density at radius 3 is 2.33 bits per heavy atom. The first kappa shape index (κ1) is 18.3. The van der Waals surface area contributed by atoms with Gasteiger partial charge in [-0.05, 0) is 55.3 Å². The van der Waals surface area contributed by atoms with Gasteiger partial charge in [0.2, 0.25) is 5.91 Å². The number of methoxy groups -OCH3 is 1. The molecule has 0 bridgehead atoms. The summed E-state index contributed by atoms with van der Waals surface area (Å²) in [6.45, 7) is 2.49. The van der Waals surface area contributed by atoms with Crippen molar-refractivity contribution in [1.29, 1.82) is 0 Å². The second kappa shape index (κ2) is 9.33. The fraction of sp³-hybridized carbons (Fsp3) is 0.316.